The Hall–Kier alpha value is -0.830. The molecule has 0 aliphatic heterocycles. The Balaban J connectivity index is 2.97. The van der Waals surface area contributed by atoms with E-state index in [2.05, 4.69) is 28.9 Å². The Labute approximate surface area is 98.4 Å². The van der Waals surface area contributed by atoms with Gasteiger partial charge < -0.3 is 5.11 Å². The molecule has 0 aromatic heterocycles. The van der Waals surface area contributed by atoms with Crippen molar-refractivity contribution < 1.29 is 9.90 Å². The quantitative estimate of drug-likeness (QED) is 0.855. The van der Waals surface area contributed by atoms with Crippen molar-refractivity contribution in [2.24, 2.45) is 0 Å². The van der Waals surface area contributed by atoms with E-state index < -0.39 is 10.8 Å². The van der Waals surface area contributed by atoms with Crippen molar-refractivity contribution in [3.05, 3.63) is 34.9 Å². The predicted molar refractivity (Wildman–Crippen MR) is 64.6 cm³/mol. The molecule has 0 fully saturated rings. The third-order valence-electron chi connectivity index (χ3n) is 2.54. The molecule has 2 nitrogen and oxygen atoms in total. The van der Waals surface area contributed by atoms with Crippen LogP contribution in [0.3, 0.4) is 0 Å². The van der Waals surface area contributed by atoms with Crippen LogP contribution < -0.4 is 0 Å². The number of carbonyl (C=O) groups is 1. The number of halogens is 1. The van der Waals surface area contributed by atoms with Crippen molar-refractivity contribution in [1.29, 1.82) is 0 Å². The SMILES string of the molecule is CCc1cccc(C)c1CC(Br)C(=O)O. The van der Waals surface area contributed by atoms with Gasteiger partial charge in [0.15, 0.2) is 0 Å². The first-order valence-corrected chi connectivity index (χ1v) is 5.92. The zero-order valence-electron chi connectivity index (χ0n) is 8.96. The molecule has 1 aromatic rings. The molecule has 0 radical (unpaired) electrons. The number of hydrogen-bond acceptors (Lipinski definition) is 1. The molecule has 1 atom stereocenters. The summed E-state index contributed by atoms with van der Waals surface area (Å²) in [5.41, 5.74) is 3.56. The summed E-state index contributed by atoms with van der Waals surface area (Å²) in [5.74, 6) is -0.805. The maximum atomic E-state index is 10.8. The predicted octanol–water partition coefficient (Wildman–Crippen LogP) is 2.95. The van der Waals surface area contributed by atoms with Crippen LogP contribution in [0.25, 0.3) is 0 Å². The lowest BCUT2D eigenvalue weighted by atomic mass is 9.96. The van der Waals surface area contributed by atoms with Crippen LogP contribution in [0.15, 0.2) is 18.2 Å². The largest absolute Gasteiger partial charge is 0.480 e. The average Bonchev–Trinajstić information content (AvgIpc) is 2.20. The van der Waals surface area contributed by atoms with Gasteiger partial charge in [0.05, 0.1) is 0 Å². The monoisotopic (exact) mass is 270 g/mol. The van der Waals surface area contributed by atoms with Gasteiger partial charge in [0.1, 0.15) is 4.83 Å². The van der Waals surface area contributed by atoms with Crippen LogP contribution in [0.4, 0.5) is 0 Å². The number of aliphatic carboxylic acids is 1. The van der Waals surface area contributed by atoms with Crippen molar-refractivity contribution in [2.75, 3.05) is 0 Å². The standard InChI is InChI=1S/C12H15BrO2/c1-3-9-6-4-5-8(2)10(9)7-11(13)12(14)15/h4-6,11H,3,7H2,1-2H3,(H,14,15). The summed E-state index contributed by atoms with van der Waals surface area (Å²) in [5, 5.41) is 8.85. The summed E-state index contributed by atoms with van der Waals surface area (Å²) in [7, 11) is 0. The number of hydrogen-bond donors (Lipinski definition) is 1. The molecule has 1 unspecified atom stereocenters. The van der Waals surface area contributed by atoms with E-state index in [0.29, 0.717) is 6.42 Å². The minimum atomic E-state index is -0.805. The van der Waals surface area contributed by atoms with Gasteiger partial charge in [-0.05, 0) is 36.5 Å². The first-order chi connectivity index (χ1) is 7.06. The summed E-state index contributed by atoms with van der Waals surface area (Å²) in [6.45, 7) is 4.11. The summed E-state index contributed by atoms with van der Waals surface area (Å²) < 4.78 is 0. The maximum absolute atomic E-state index is 10.8. The van der Waals surface area contributed by atoms with Gasteiger partial charge >= 0.3 is 5.97 Å². The Morgan fingerprint density at radius 1 is 1.53 bits per heavy atom. The van der Waals surface area contributed by atoms with E-state index in [1.54, 1.807) is 0 Å². The summed E-state index contributed by atoms with van der Waals surface area (Å²) in [4.78, 5) is 10.3. The number of carboxylic acid groups (broad SMARTS) is 1. The second kappa shape index (κ2) is 5.31. The Morgan fingerprint density at radius 3 is 2.73 bits per heavy atom. The average molecular weight is 271 g/mol. The number of carboxylic acids is 1. The molecule has 0 aliphatic rings. The number of aryl methyl sites for hydroxylation is 2. The summed E-state index contributed by atoms with van der Waals surface area (Å²) in [6, 6.07) is 6.10. The molecular weight excluding hydrogens is 256 g/mol. The smallest absolute Gasteiger partial charge is 0.317 e. The molecule has 82 valence electrons. The summed E-state index contributed by atoms with van der Waals surface area (Å²) >= 11 is 3.18. The first kappa shape index (κ1) is 12.2. The number of rotatable bonds is 4. The van der Waals surface area contributed by atoms with E-state index >= 15 is 0 Å². The van der Waals surface area contributed by atoms with E-state index in [9.17, 15) is 4.79 Å². The maximum Gasteiger partial charge on any atom is 0.317 e. The van der Waals surface area contributed by atoms with E-state index in [1.165, 1.54) is 11.1 Å². The zero-order chi connectivity index (χ0) is 11.4. The molecule has 0 amide bonds. The summed E-state index contributed by atoms with van der Waals surface area (Å²) in [6.07, 6.45) is 1.49. The van der Waals surface area contributed by atoms with Crippen LogP contribution in [0.1, 0.15) is 23.6 Å². The highest BCUT2D eigenvalue weighted by Crippen LogP contribution is 2.19. The molecule has 0 bridgehead atoms. The van der Waals surface area contributed by atoms with Crippen LogP contribution in [-0.4, -0.2) is 15.9 Å². The molecular formula is C12H15BrO2. The molecule has 0 heterocycles. The number of alkyl halides is 1. The van der Waals surface area contributed by atoms with Crippen molar-refractivity contribution >= 4 is 21.9 Å². The molecule has 0 saturated heterocycles. The Morgan fingerprint density at radius 2 is 2.20 bits per heavy atom. The molecule has 1 aromatic carbocycles. The number of benzene rings is 1. The third kappa shape index (κ3) is 3.06. The van der Waals surface area contributed by atoms with Crippen LogP contribution >= 0.6 is 15.9 Å². The van der Waals surface area contributed by atoms with Crippen molar-refractivity contribution in [1.82, 2.24) is 0 Å². The Bertz CT molecular complexity index is 361. The van der Waals surface area contributed by atoms with Crippen LogP contribution in [-0.2, 0) is 17.6 Å². The molecule has 0 saturated carbocycles. The minimum Gasteiger partial charge on any atom is -0.480 e. The fourth-order valence-corrected chi connectivity index (χ4v) is 1.98. The molecule has 3 heteroatoms. The fraction of sp³-hybridized carbons (Fsp3) is 0.417. The van der Waals surface area contributed by atoms with Crippen LogP contribution in [0.2, 0.25) is 0 Å². The van der Waals surface area contributed by atoms with Gasteiger partial charge in [0.25, 0.3) is 0 Å². The lowest BCUT2D eigenvalue weighted by molar-refractivity contribution is -0.136. The lowest BCUT2D eigenvalue weighted by Crippen LogP contribution is -2.17. The van der Waals surface area contributed by atoms with Gasteiger partial charge in [-0.15, -0.1) is 0 Å². The van der Waals surface area contributed by atoms with Gasteiger partial charge in [-0.1, -0.05) is 41.1 Å². The molecule has 0 spiro atoms. The minimum absolute atomic E-state index is 0.496. The van der Waals surface area contributed by atoms with E-state index in [1.807, 2.05) is 19.1 Å². The Kier molecular flexibility index (Phi) is 4.33. The highest BCUT2D eigenvalue weighted by molar-refractivity contribution is 9.10. The fourth-order valence-electron chi connectivity index (χ4n) is 1.65. The zero-order valence-corrected chi connectivity index (χ0v) is 10.5. The molecule has 1 rings (SSSR count). The normalized spacial score (nSPS) is 12.5. The second-order valence-electron chi connectivity index (χ2n) is 3.58. The highest BCUT2D eigenvalue weighted by Gasteiger charge is 2.16. The van der Waals surface area contributed by atoms with E-state index in [4.69, 9.17) is 5.11 Å². The van der Waals surface area contributed by atoms with Gasteiger partial charge in [-0.3, -0.25) is 4.79 Å². The van der Waals surface area contributed by atoms with Gasteiger partial charge in [0, 0.05) is 0 Å². The van der Waals surface area contributed by atoms with E-state index in [-0.39, 0.29) is 0 Å². The second-order valence-corrected chi connectivity index (χ2v) is 4.68. The first-order valence-electron chi connectivity index (χ1n) is 5.00. The third-order valence-corrected chi connectivity index (χ3v) is 3.25. The van der Waals surface area contributed by atoms with E-state index in [0.717, 1.165) is 12.0 Å². The van der Waals surface area contributed by atoms with Gasteiger partial charge in [0.2, 0.25) is 0 Å². The van der Waals surface area contributed by atoms with Crippen LogP contribution in [0.5, 0.6) is 0 Å². The van der Waals surface area contributed by atoms with Gasteiger partial charge in [-0.25, -0.2) is 0 Å². The van der Waals surface area contributed by atoms with Gasteiger partial charge in [-0.2, -0.15) is 0 Å². The van der Waals surface area contributed by atoms with Crippen molar-refractivity contribution in [3.8, 4) is 0 Å². The molecule has 15 heavy (non-hydrogen) atoms. The topological polar surface area (TPSA) is 37.3 Å². The molecule has 0 aliphatic carbocycles. The lowest BCUT2D eigenvalue weighted by Gasteiger charge is -2.12. The van der Waals surface area contributed by atoms with Crippen molar-refractivity contribution in [3.63, 3.8) is 0 Å². The molecule has 1 N–H and O–H groups in total. The highest BCUT2D eigenvalue weighted by atomic mass is 79.9. The van der Waals surface area contributed by atoms with Crippen LogP contribution in [0, 0.1) is 6.92 Å². The van der Waals surface area contributed by atoms with Crippen molar-refractivity contribution in [2.45, 2.75) is 31.5 Å².